The van der Waals surface area contributed by atoms with Gasteiger partial charge in [0.25, 0.3) is 5.91 Å². The highest BCUT2D eigenvalue weighted by atomic mass is 35.5. The van der Waals surface area contributed by atoms with E-state index >= 15 is 0 Å². The summed E-state index contributed by atoms with van der Waals surface area (Å²) in [5.41, 5.74) is 3.08. The number of hydrogen-bond donors (Lipinski definition) is 0. The standard InChI is InChI=1S/C24H29ClN6O4S2/c1-14-23(36-15(2)26-14)22-21-16(27-19-7-5-6-11-30(19)21)10-12-31(22)20(32)13-35-17-8-9-18(28-24(17)25)29(3)37(4,33)34/h8-9,22H,5-7,10-13H2,1-4H3. The Bertz CT molecular complexity index is 1470. The number of aromatic nitrogens is 4. The van der Waals surface area contributed by atoms with Crippen LogP contribution in [0.5, 0.6) is 5.75 Å². The van der Waals surface area contributed by atoms with Crippen molar-refractivity contribution in [1.82, 2.24) is 24.4 Å². The molecule has 198 valence electrons. The SMILES string of the molecule is Cc1nc(C)c(C2c3c(nc4n3CCCC4)CCN2C(=O)COc2ccc(N(C)S(C)(=O)=O)nc2Cl)s1. The van der Waals surface area contributed by atoms with Crippen LogP contribution in [0.15, 0.2) is 12.1 Å². The molecule has 0 fully saturated rings. The number of aryl methyl sites for hydroxylation is 3. The quantitative estimate of drug-likeness (QED) is 0.422. The van der Waals surface area contributed by atoms with Gasteiger partial charge in [-0.25, -0.2) is 23.4 Å². The van der Waals surface area contributed by atoms with Gasteiger partial charge in [-0.1, -0.05) is 11.6 Å². The number of sulfonamides is 1. The molecular weight excluding hydrogens is 536 g/mol. The lowest BCUT2D eigenvalue weighted by molar-refractivity contribution is -0.135. The van der Waals surface area contributed by atoms with Crippen LogP contribution in [0.2, 0.25) is 5.15 Å². The number of pyridine rings is 1. The zero-order valence-electron chi connectivity index (χ0n) is 21.2. The topological polar surface area (TPSA) is 111 Å². The van der Waals surface area contributed by atoms with Crippen LogP contribution in [0.25, 0.3) is 0 Å². The molecule has 5 rings (SSSR count). The maximum atomic E-state index is 13.6. The number of halogens is 1. The van der Waals surface area contributed by atoms with E-state index < -0.39 is 10.0 Å². The highest BCUT2D eigenvalue weighted by Gasteiger charge is 2.39. The van der Waals surface area contributed by atoms with E-state index in [1.807, 2.05) is 18.7 Å². The van der Waals surface area contributed by atoms with Gasteiger partial charge in [0.2, 0.25) is 10.0 Å². The summed E-state index contributed by atoms with van der Waals surface area (Å²) in [5, 5.41) is 0.940. The Morgan fingerprint density at radius 1 is 1.19 bits per heavy atom. The van der Waals surface area contributed by atoms with Gasteiger partial charge < -0.3 is 14.2 Å². The Balaban J connectivity index is 1.42. The first-order valence-electron chi connectivity index (χ1n) is 12.1. The zero-order chi connectivity index (χ0) is 26.5. The molecule has 1 amide bonds. The van der Waals surface area contributed by atoms with Gasteiger partial charge in [-0.15, -0.1) is 11.3 Å². The van der Waals surface area contributed by atoms with Crippen LogP contribution in [0.4, 0.5) is 5.82 Å². The summed E-state index contributed by atoms with van der Waals surface area (Å²) in [5.74, 6) is 1.29. The molecular formula is C24H29ClN6O4S2. The average Bonchev–Trinajstić information content (AvgIpc) is 3.40. The minimum absolute atomic E-state index is 0.0166. The summed E-state index contributed by atoms with van der Waals surface area (Å²) < 4.78 is 32.7. The molecule has 0 aromatic carbocycles. The third kappa shape index (κ3) is 4.94. The van der Waals surface area contributed by atoms with E-state index in [4.69, 9.17) is 21.3 Å². The third-order valence-corrected chi connectivity index (χ3v) is 9.41. The first-order valence-corrected chi connectivity index (χ1v) is 15.1. The van der Waals surface area contributed by atoms with E-state index in [0.29, 0.717) is 13.0 Å². The third-order valence-electron chi connectivity index (χ3n) is 6.83. The molecule has 3 aromatic rings. The van der Waals surface area contributed by atoms with Crippen molar-refractivity contribution in [3.05, 3.63) is 50.1 Å². The van der Waals surface area contributed by atoms with E-state index in [2.05, 4.69) is 14.5 Å². The number of carbonyl (C=O) groups is 1. The summed E-state index contributed by atoms with van der Waals surface area (Å²) >= 11 is 7.88. The monoisotopic (exact) mass is 564 g/mol. The van der Waals surface area contributed by atoms with Crippen molar-refractivity contribution in [1.29, 1.82) is 0 Å². The lowest BCUT2D eigenvalue weighted by atomic mass is 9.99. The number of amides is 1. The van der Waals surface area contributed by atoms with Crippen LogP contribution in [-0.4, -0.2) is 65.2 Å². The fraction of sp³-hybridized carbons (Fsp3) is 0.500. The van der Waals surface area contributed by atoms with Crippen LogP contribution < -0.4 is 9.04 Å². The van der Waals surface area contributed by atoms with Crippen molar-refractivity contribution in [3.63, 3.8) is 0 Å². The predicted octanol–water partition coefficient (Wildman–Crippen LogP) is 3.29. The molecule has 1 unspecified atom stereocenters. The molecule has 0 spiro atoms. The van der Waals surface area contributed by atoms with E-state index in [0.717, 1.165) is 69.2 Å². The number of imidazole rings is 1. The van der Waals surface area contributed by atoms with Gasteiger partial charge in [-0.2, -0.15) is 0 Å². The molecule has 5 heterocycles. The zero-order valence-corrected chi connectivity index (χ0v) is 23.6. The summed E-state index contributed by atoms with van der Waals surface area (Å²) in [6.07, 6.45) is 4.94. The first-order chi connectivity index (χ1) is 17.5. The Morgan fingerprint density at radius 3 is 2.65 bits per heavy atom. The van der Waals surface area contributed by atoms with Gasteiger partial charge in [0.15, 0.2) is 17.5 Å². The highest BCUT2D eigenvalue weighted by Crippen LogP contribution is 2.41. The fourth-order valence-electron chi connectivity index (χ4n) is 4.98. The second kappa shape index (κ2) is 9.88. The first kappa shape index (κ1) is 25.9. The van der Waals surface area contributed by atoms with Crippen molar-refractivity contribution >= 4 is 44.7 Å². The summed E-state index contributed by atoms with van der Waals surface area (Å²) in [7, 11) is -2.10. The number of thiazole rings is 1. The van der Waals surface area contributed by atoms with Gasteiger partial charge in [0.1, 0.15) is 17.7 Å². The van der Waals surface area contributed by atoms with E-state index in [-0.39, 0.29) is 35.3 Å². The minimum Gasteiger partial charge on any atom is -0.481 e. The van der Waals surface area contributed by atoms with E-state index in [9.17, 15) is 13.2 Å². The van der Waals surface area contributed by atoms with E-state index in [1.165, 1.54) is 19.2 Å². The van der Waals surface area contributed by atoms with Crippen LogP contribution in [0.1, 0.15) is 51.7 Å². The second-order valence-corrected chi connectivity index (χ2v) is 13.0. The number of hydrogen-bond acceptors (Lipinski definition) is 8. The van der Waals surface area contributed by atoms with Gasteiger partial charge in [-0.05, 0) is 38.8 Å². The van der Waals surface area contributed by atoms with Crippen LogP contribution in [0, 0.1) is 13.8 Å². The number of ether oxygens (including phenoxy) is 1. The molecule has 37 heavy (non-hydrogen) atoms. The molecule has 0 bridgehead atoms. The summed E-state index contributed by atoms with van der Waals surface area (Å²) in [6.45, 7) is 5.16. The fourth-order valence-corrected chi connectivity index (χ4v) is 6.67. The van der Waals surface area contributed by atoms with Crippen molar-refractivity contribution in [2.24, 2.45) is 0 Å². The highest BCUT2D eigenvalue weighted by molar-refractivity contribution is 7.92. The molecule has 0 saturated carbocycles. The molecule has 1 atom stereocenters. The summed E-state index contributed by atoms with van der Waals surface area (Å²) in [6, 6.07) is 2.74. The minimum atomic E-state index is -3.49. The Kier molecular flexibility index (Phi) is 6.92. The molecule has 0 saturated heterocycles. The van der Waals surface area contributed by atoms with Crippen molar-refractivity contribution < 1.29 is 17.9 Å². The molecule has 0 N–H and O–H groups in total. The van der Waals surface area contributed by atoms with Crippen molar-refractivity contribution in [3.8, 4) is 5.75 Å². The van der Waals surface area contributed by atoms with Gasteiger partial charge in [-0.3, -0.25) is 9.10 Å². The number of fused-ring (bicyclic) bond motifs is 3. The lowest BCUT2D eigenvalue weighted by Gasteiger charge is -2.36. The molecule has 3 aromatic heterocycles. The normalized spacial score (nSPS) is 17.3. The largest absolute Gasteiger partial charge is 0.481 e. The predicted molar refractivity (Wildman–Crippen MR) is 142 cm³/mol. The molecule has 13 heteroatoms. The average molecular weight is 565 g/mol. The second-order valence-electron chi connectivity index (χ2n) is 9.37. The molecule has 0 aliphatic carbocycles. The Labute approximate surface area is 225 Å². The van der Waals surface area contributed by atoms with Gasteiger partial charge in [0.05, 0.1) is 33.2 Å². The van der Waals surface area contributed by atoms with Gasteiger partial charge >= 0.3 is 0 Å². The molecule has 0 radical (unpaired) electrons. The maximum absolute atomic E-state index is 13.6. The smallest absolute Gasteiger partial charge is 0.261 e. The van der Waals surface area contributed by atoms with Crippen molar-refractivity contribution in [2.45, 2.75) is 52.1 Å². The number of rotatable bonds is 6. The van der Waals surface area contributed by atoms with Crippen LogP contribution >= 0.6 is 22.9 Å². The number of nitrogens with zero attached hydrogens (tertiary/aromatic N) is 6. The Hall–Kier alpha value is -2.70. The number of anilines is 1. The Morgan fingerprint density at radius 2 is 1.97 bits per heavy atom. The van der Waals surface area contributed by atoms with Crippen LogP contribution in [0.3, 0.4) is 0 Å². The van der Waals surface area contributed by atoms with Crippen LogP contribution in [-0.2, 0) is 34.2 Å². The molecule has 2 aliphatic rings. The molecule has 10 nitrogen and oxygen atoms in total. The number of carbonyl (C=O) groups excluding carboxylic acids is 1. The maximum Gasteiger partial charge on any atom is 0.261 e. The molecule has 2 aliphatic heterocycles. The summed E-state index contributed by atoms with van der Waals surface area (Å²) in [4.78, 5) is 30.2. The van der Waals surface area contributed by atoms with E-state index in [1.54, 1.807) is 11.3 Å². The lowest BCUT2D eigenvalue weighted by Crippen LogP contribution is -2.43. The van der Waals surface area contributed by atoms with Gasteiger partial charge in [0, 0.05) is 33.0 Å². The van der Waals surface area contributed by atoms with Crippen molar-refractivity contribution in [2.75, 3.05) is 30.8 Å².